The van der Waals surface area contributed by atoms with E-state index in [-0.39, 0.29) is 18.1 Å². The molecule has 4 aromatic carbocycles. The van der Waals surface area contributed by atoms with Crippen molar-refractivity contribution in [2.75, 3.05) is 6.54 Å². The van der Waals surface area contributed by atoms with Crippen LogP contribution in [0, 0.1) is 0 Å². The topological polar surface area (TPSA) is 47.6 Å². The summed E-state index contributed by atoms with van der Waals surface area (Å²) in [6, 6.07) is 29.8. The van der Waals surface area contributed by atoms with Crippen molar-refractivity contribution < 1.29 is 14.3 Å². The Morgan fingerprint density at radius 1 is 0.850 bits per heavy atom. The predicted molar refractivity (Wildman–Crippen MR) is 164 cm³/mol. The smallest absolute Gasteiger partial charge is 0.216 e. The van der Waals surface area contributed by atoms with Crippen LogP contribution in [-0.4, -0.2) is 24.7 Å². The Morgan fingerprint density at radius 3 is 2.40 bits per heavy atom. The van der Waals surface area contributed by atoms with Gasteiger partial charge in [0.15, 0.2) is 0 Å². The summed E-state index contributed by atoms with van der Waals surface area (Å²) in [6.07, 6.45) is 5.16. The number of benzene rings is 4. The lowest BCUT2D eigenvalue weighted by Crippen LogP contribution is -2.28. The first-order valence-corrected chi connectivity index (χ1v) is 14.3. The third-order valence-corrected chi connectivity index (χ3v) is 7.74. The number of rotatable bonds is 10. The molecule has 0 unspecified atom stereocenters. The van der Waals surface area contributed by atoms with E-state index in [0.29, 0.717) is 13.2 Å². The van der Waals surface area contributed by atoms with Crippen LogP contribution in [0.2, 0.25) is 0 Å². The maximum atomic E-state index is 11.4. The number of hydrogen-bond acceptors (Lipinski definition) is 3. The second-order valence-corrected chi connectivity index (χ2v) is 10.9. The number of ether oxygens (including phenoxy) is 2. The molecule has 4 aromatic rings. The Hall–Kier alpha value is -3.89. The van der Waals surface area contributed by atoms with Crippen LogP contribution in [0.25, 0.3) is 27.5 Å². The molecule has 0 bridgehead atoms. The minimum Gasteiger partial charge on any atom is -0.490 e. The molecule has 1 saturated carbocycles. The highest BCUT2D eigenvalue weighted by Crippen LogP contribution is 2.33. The zero-order valence-corrected chi connectivity index (χ0v) is 23.6. The number of carbonyl (C=O) groups excluding carboxylic acids is 1. The van der Waals surface area contributed by atoms with Crippen molar-refractivity contribution >= 4 is 22.3 Å². The van der Waals surface area contributed by atoms with Crippen LogP contribution in [0.5, 0.6) is 5.75 Å². The van der Waals surface area contributed by atoms with Crippen molar-refractivity contribution in [3.63, 3.8) is 0 Å². The van der Waals surface area contributed by atoms with Crippen LogP contribution in [0.3, 0.4) is 0 Å². The molecule has 0 radical (unpaired) electrons. The Bertz CT molecular complexity index is 1480. The van der Waals surface area contributed by atoms with Crippen molar-refractivity contribution in [3.8, 4) is 16.9 Å². The first-order valence-electron chi connectivity index (χ1n) is 14.3. The van der Waals surface area contributed by atoms with Crippen LogP contribution >= 0.6 is 0 Å². The molecule has 4 heteroatoms. The highest BCUT2D eigenvalue weighted by Gasteiger charge is 2.23. The number of allylic oxidation sites excluding steroid dienone is 1. The van der Waals surface area contributed by atoms with Crippen LogP contribution in [0.4, 0.5) is 0 Å². The van der Waals surface area contributed by atoms with Crippen molar-refractivity contribution in [2.24, 2.45) is 0 Å². The molecule has 40 heavy (non-hydrogen) atoms. The van der Waals surface area contributed by atoms with Crippen molar-refractivity contribution in [1.82, 2.24) is 5.32 Å². The van der Waals surface area contributed by atoms with Crippen molar-refractivity contribution in [1.29, 1.82) is 0 Å². The molecule has 1 aliphatic carbocycles. The predicted octanol–water partition coefficient (Wildman–Crippen LogP) is 8.13. The molecule has 1 amide bonds. The van der Waals surface area contributed by atoms with Crippen LogP contribution in [-0.2, 0) is 22.6 Å². The minimum atomic E-state index is -0.0115. The molecule has 206 valence electrons. The van der Waals surface area contributed by atoms with E-state index in [9.17, 15) is 4.79 Å². The summed E-state index contributed by atoms with van der Waals surface area (Å²) in [5.74, 6) is 0.877. The molecule has 4 nitrogen and oxygen atoms in total. The number of nitrogens with one attached hydrogen (secondary N) is 1. The summed E-state index contributed by atoms with van der Waals surface area (Å²) < 4.78 is 12.8. The third kappa shape index (κ3) is 7.19. The molecule has 0 atom stereocenters. The fraction of sp³-hybridized carbons (Fsp3) is 0.306. The average Bonchev–Trinajstić information content (AvgIpc) is 2.97. The summed E-state index contributed by atoms with van der Waals surface area (Å²) in [7, 11) is 0. The fourth-order valence-electron chi connectivity index (χ4n) is 5.49. The van der Waals surface area contributed by atoms with Gasteiger partial charge in [0.05, 0.1) is 18.8 Å². The van der Waals surface area contributed by atoms with E-state index in [1.165, 1.54) is 21.9 Å². The molecule has 0 heterocycles. The van der Waals surface area contributed by atoms with E-state index in [1.54, 1.807) is 6.92 Å². The second-order valence-electron chi connectivity index (χ2n) is 10.9. The van der Waals surface area contributed by atoms with E-state index in [2.05, 4.69) is 96.8 Å². The monoisotopic (exact) mass is 533 g/mol. The second kappa shape index (κ2) is 13.0. The van der Waals surface area contributed by atoms with Gasteiger partial charge in [0.2, 0.25) is 5.91 Å². The molecule has 1 N–H and O–H groups in total. The first kappa shape index (κ1) is 27.7. The maximum absolute atomic E-state index is 11.4. The highest BCUT2D eigenvalue weighted by atomic mass is 16.5. The number of carbonyl (C=O) groups is 1. The summed E-state index contributed by atoms with van der Waals surface area (Å²) in [5.41, 5.74) is 6.84. The SMILES string of the molecule is C=C(C)c1cccc(-c2cc(OC3CCC(OCc4ccc5ccccc5c4)CC3)ccc2CCNC(C)=O)c1. The summed E-state index contributed by atoms with van der Waals surface area (Å²) in [4.78, 5) is 11.4. The molecule has 5 rings (SSSR count). The zero-order chi connectivity index (χ0) is 27.9. The maximum Gasteiger partial charge on any atom is 0.216 e. The number of amides is 1. The van der Waals surface area contributed by atoms with Gasteiger partial charge in [-0.2, -0.15) is 0 Å². The quantitative estimate of drug-likeness (QED) is 0.224. The largest absolute Gasteiger partial charge is 0.490 e. The van der Waals surface area contributed by atoms with Gasteiger partial charge >= 0.3 is 0 Å². The van der Waals surface area contributed by atoms with E-state index in [0.717, 1.165) is 60.1 Å². The molecule has 1 fully saturated rings. The minimum absolute atomic E-state index is 0.0115. The van der Waals surface area contributed by atoms with Gasteiger partial charge in [-0.1, -0.05) is 72.8 Å². The lowest BCUT2D eigenvalue weighted by Gasteiger charge is -2.29. The number of fused-ring (bicyclic) bond motifs is 1. The van der Waals surface area contributed by atoms with E-state index < -0.39 is 0 Å². The molecule has 0 aliphatic heterocycles. The van der Waals surface area contributed by atoms with Crippen LogP contribution in [0.1, 0.15) is 56.2 Å². The van der Waals surface area contributed by atoms with E-state index in [4.69, 9.17) is 9.47 Å². The summed E-state index contributed by atoms with van der Waals surface area (Å²) in [6.45, 7) is 8.94. The molecule has 0 saturated heterocycles. The summed E-state index contributed by atoms with van der Waals surface area (Å²) >= 11 is 0. The zero-order valence-electron chi connectivity index (χ0n) is 23.6. The lowest BCUT2D eigenvalue weighted by molar-refractivity contribution is -0.118. The fourth-order valence-corrected chi connectivity index (χ4v) is 5.49. The van der Waals surface area contributed by atoms with E-state index >= 15 is 0 Å². The van der Waals surface area contributed by atoms with Gasteiger partial charge in [0.25, 0.3) is 0 Å². The van der Waals surface area contributed by atoms with Gasteiger partial charge in [-0.3, -0.25) is 4.79 Å². The standard InChI is InChI=1S/C36H39NO3/c1-25(2)30-9-6-10-32(22-30)36-23-35(14-13-29(36)19-20-37-26(3)38)40-34-17-15-33(16-18-34)39-24-27-11-12-28-7-4-5-8-31(28)21-27/h4-14,21-23,33-34H,1,15-20,24H2,2-3H3,(H,37,38). The average molecular weight is 534 g/mol. The highest BCUT2D eigenvalue weighted by molar-refractivity contribution is 5.83. The van der Waals surface area contributed by atoms with Gasteiger partial charge < -0.3 is 14.8 Å². The Kier molecular flexibility index (Phi) is 8.98. The summed E-state index contributed by atoms with van der Waals surface area (Å²) in [5, 5.41) is 5.44. The number of hydrogen-bond donors (Lipinski definition) is 1. The van der Waals surface area contributed by atoms with Gasteiger partial charge in [0, 0.05) is 13.5 Å². The normalized spacial score (nSPS) is 16.9. The van der Waals surface area contributed by atoms with Gasteiger partial charge in [-0.25, -0.2) is 0 Å². The Balaban J connectivity index is 1.21. The molecular weight excluding hydrogens is 494 g/mol. The molecule has 0 spiro atoms. The van der Waals surface area contributed by atoms with E-state index in [1.807, 2.05) is 6.92 Å². The van der Waals surface area contributed by atoms with Crippen LogP contribution in [0.15, 0.2) is 91.5 Å². The third-order valence-electron chi connectivity index (χ3n) is 7.74. The Morgan fingerprint density at radius 2 is 1.62 bits per heavy atom. The van der Waals surface area contributed by atoms with Gasteiger partial charge in [-0.15, -0.1) is 0 Å². The van der Waals surface area contributed by atoms with Crippen LogP contribution < -0.4 is 10.1 Å². The Labute approximate surface area is 238 Å². The van der Waals surface area contributed by atoms with Gasteiger partial charge in [0.1, 0.15) is 5.75 Å². The first-order chi connectivity index (χ1) is 19.4. The lowest BCUT2D eigenvalue weighted by atomic mass is 9.93. The molecule has 0 aromatic heterocycles. The van der Waals surface area contributed by atoms with Crippen molar-refractivity contribution in [2.45, 2.75) is 64.8 Å². The van der Waals surface area contributed by atoms with Crippen molar-refractivity contribution in [3.05, 3.63) is 108 Å². The molecular formula is C36H39NO3. The van der Waals surface area contributed by atoms with Gasteiger partial charge in [-0.05, 0) is 102 Å². The molecule has 1 aliphatic rings.